The van der Waals surface area contributed by atoms with Crippen LogP contribution in [0.5, 0.6) is 23.0 Å². The number of carbonyl (C=O) groups is 1. The van der Waals surface area contributed by atoms with Crippen molar-refractivity contribution in [2.24, 2.45) is 0 Å². The van der Waals surface area contributed by atoms with Gasteiger partial charge in [0, 0.05) is 17.6 Å². The summed E-state index contributed by atoms with van der Waals surface area (Å²) in [5.41, 5.74) is 4.27. The van der Waals surface area contributed by atoms with Gasteiger partial charge in [-0.3, -0.25) is 0 Å². The molecule has 1 heterocycles. The van der Waals surface area contributed by atoms with Gasteiger partial charge in [-0.2, -0.15) is 0 Å². The zero-order chi connectivity index (χ0) is 25.7. The molecule has 2 amide bonds. The molecule has 1 unspecified atom stereocenters. The highest BCUT2D eigenvalue weighted by atomic mass is 79.9. The third-order valence-electron chi connectivity index (χ3n) is 6.46. The average molecular weight is 555 g/mol. The second-order valence-corrected chi connectivity index (χ2v) is 9.39. The Bertz CT molecular complexity index is 1220. The van der Waals surface area contributed by atoms with Gasteiger partial charge in [-0.15, -0.1) is 0 Å². The van der Waals surface area contributed by atoms with Crippen LogP contribution in [0, 0.1) is 0 Å². The standard InChI is InChI=1S/C28H31BrN2O5/c1-33-23-10-5-18(15-24(23)34-2)11-13-30-28(32)31-14-12-20-16-25(35-3)26(36-4)17-22(20)27(31)19-6-8-21(29)9-7-19/h5-10,15-17,27H,11-14H2,1-4H3,(H,30,32). The van der Waals surface area contributed by atoms with E-state index in [1.165, 1.54) is 0 Å². The predicted molar refractivity (Wildman–Crippen MR) is 143 cm³/mol. The molecule has 0 saturated heterocycles. The van der Waals surface area contributed by atoms with Crippen LogP contribution in [0.15, 0.2) is 59.1 Å². The molecule has 1 atom stereocenters. The zero-order valence-electron chi connectivity index (χ0n) is 21.0. The fraction of sp³-hybridized carbons (Fsp3) is 0.321. The van der Waals surface area contributed by atoms with E-state index in [0.717, 1.165) is 33.1 Å². The van der Waals surface area contributed by atoms with E-state index in [0.29, 0.717) is 42.5 Å². The SMILES string of the molecule is COc1ccc(CCNC(=O)N2CCc3cc(OC)c(OC)cc3C2c2ccc(Br)cc2)cc1OC. The van der Waals surface area contributed by atoms with Crippen molar-refractivity contribution >= 4 is 22.0 Å². The Hall–Kier alpha value is -3.39. The molecule has 3 aromatic carbocycles. The summed E-state index contributed by atoms with van der Waals surface area (Å²) in [6.07, 6.45) is 1.40. The van der Waals surface area contributed by atoms with E-state index >= 15 is 0 Å². The molecule has 3 aromatic rings. The van der Waals surface area contributed by atoms with Crippen molar-refractivity contribution in [2.75, 3.05) is 41.5 Å². The number of nitrogens with one attached hydrogen (secondary N) is 1. The fourth-order valence-corrected chi connectivity index (χ4v) is 4.88. The molecule has 190 valence electrons. The van der Waals surface area contributed by atoms with Gasteiger partial charge in [0.05, 0.1) is 34.5 Å². The predicted octanol–water partition coefficient (Wildman–Crippen LogP) is 5.38. The Balaban J connectivity index is 1.57. The second kappa shape index (κ2) is 11.6. The normalized spacial score (nSPS) is 14.6. The first kappa shape index (κ1) is 25.7. The summed E-state index contributed by atoms with van der Waals surface area (Å²) in [5, 5.41) is 3.11. The maximum atomic E-state index is 13.5. The molecule has 0 bridgehead atoms. The topological polar surface area (TPSA) is 69.3 Å². The zero-order valence-corrected chi connectivity index (χ0v) is 22.6. The van der Waals surface area contributed by atoms with Crippen LogP contribution in [0.3, 0.4) is 0 Å². The van der Waals surface area contributed by atoms with Gasteiger partial charge in [0.15, 0.2) is 23.0 Å². The number of ether oxygens (including phenoxy) is 4. The number of rotatable bonds is 8. The lowest BCUT2D eigenvalue weighted by atomic mass is 9.88. The lowest BCUT2D eigenvalue weighted by Crippen LogP contribution is -2.46. The van der Waals surface area contributed by atoms with E-state index < -0.39 is 0 Å². The van der Waals surface area contributed by atoms with Crippen molar-refractivity contribution in [1.82, 2.24) is 10.2 Å². The van der Waals surface area contributed by atoms with E-state index in [-0.39, 0.29) is 12.1 Å². The van der Waals surface area contributed by atoms with Gasteiger partial charge in [0.1, 0.15) is 0 Å². The number of halogens is 1. The van der Waals surface area contributed by atoms with E-state index in [1.54, 1.807) is 28.4 Å². The molecular weight excluding hydrogens is 524 g/mol. The van der Waals surface area contributed by atoms with E-state index in [4.69, 9.17) is 18.9 Å². The minimum Gasteiger partial charge on any atom is -0.493 e. The number of amides is 2. The highest BCUT2D eigenvalue weighted by Gasteiger charge is 2.33. The molecule has 0 fully saturated rings. The first-order valence-corrected chi connectivity index (χ1v) is 12.5. The second-order valence-electron chi connectivity index (χ2n) is 8.47. The first-order chi connectivity index (χ1) is 17.5. The number of nitrogens with zero attached hydrogens (tertiary/aromatic N) is 1. The van der Waals surface area contributed by atoms with E-state index in [9.17, 15) is 4.79 Å². The van der Waals surface area contributed by atoms with Crippen LogP contribution in [0.2, 0.25) is 0 Å². The first-order valence-electron chi connectivity index (χ1n) is 11.7. The van der Waals surface area contributed by atoms with Gasteiger partial charge in [-0.1, -0.05) is 34.1 Å². The summed E-state index contributed by atoms with van der Waals surface area (Å²) in [6.45, 7) is 1.09. The summed E-state index contributed by atoms with van der Waals surface area (Å²) in [5.74, 6) is 2.70. The minimum absolute atomic E-state index is 0.108. The molecule has 0 radical (unpaired) electrons. The number of hydrogen-bond acceptors (Lipinski definition) is 5. The third-order valence-corrected chi connectivity index (χ3v) is 6.99. The van der Waals surface area contributed by atoms with Crippen molar-refractivity contribution in [2.45, 2.75) is 18.9 Å². The largest absolute Gasteiger partial charge is 0.493 e. The maximum Gasteiger partial charge on any atom is 0.318 e. The molecule has 1 N–H and O–H groups in total. The lowest BCUT2D eigenvalue weighted by molar-refractivity contribution is 0.180. The third kappa shape index (κ3) is 5.38. The molecule has 36 heavy (non-hydrogen) atoms. The van der Waals surface area contributed by atoms with Crippen LogP contribution < -0.4 is 24.3 Å². The Kier molecular flexibility index (Phi) is 8.25. The summed E-state index contributed by atoms with van der Waals surface area (Å²) in [4.78, 5) is 15.3. The molecule has 0 aromatic heterocycles. The van der Waals surface area contributed by atoms with Gasteiger partial charge < -0.3 is 29.2 Å². The van der Waals surface area contributed by atoms with Crippen molar-refractivity contribution in [3.63, 3.8) is 0 Å². The fourth-order valence-electron chi connectivity index (χ4n) is 4.62. The highest BCUT2D eigenvalue weighted by molar-refractivity contribution is 9.10. The minimum atomic E-state index is -0.247. The Morgan fingerprint density at radius 2 is 1.53 bits per heavy atom. The summed E-state index contributed by atoms with van der Waals surface area (Å²) in [6, 6.07) is 17.5. The number of urea groups is 1. The molecule has 7 nitrogen and oxygen atoms in total. The molecule has 1 aliphatic heterocycles. The van der Waals surface area contributed by atoms with Crippen LogP contribution in [0.4, 0.5) is 4.79 Å². The maximum absolute atomic E-state index is 13.5. The van der Waals surface area contributed by atoms with Crippen LogP contribution in [-0.4, -0.2) is 52.5 Å². The Labute approximate surface area is 220 Å². The van der Waals surface area contributed by atoms with Gasteiger partial charge in [-0.25, -0.2) is 4.79 Å². The lowest BCUT2D eigenvalue weighted by Gasteiger charge is -2.38. The Morgan fingerprint density at radius 3 is 2.19 bits per heavy atom. The molecule has 1 aliphatic rings. The summed E-state index contributed by atoms with van der Waals surface area (Å²) in [7, 11) is 6.49. The summed E-state index contributed by atoms with van der Waals surface area (Å²) < 4.78 is 22.8. The van der Waals surface area contributed by atoms with Crippen LogP contribution >= 0.6 is 15.9 Å². The number of hydrogen-bond donors (Lipinski definition) is 1. The number of carbonyl (C=O) groups excluding carboxylic acids is 1. The quantitative estimate of drug-likeness (QED) is 0.404. The molecule has 0 spiro atoms. The van der Waals surface area contributed by atoms with Gasteiger partial charge in [0.25, 0.3) is 0 Å². The van der Waals surface area contributed by atoms with Crippen molar-refractivity contribution < 1.29 is 23.7 Å². The van der Waals surface area contributed by atoms with Crippen molar-refractivity contribution in [3.05, 3.63) is 81.3 Å². The number of methoxy groups -OCH3 is 4. The van der Waals surface area contributed by atoms with E-state index in [2.05, 4.69) is 21.2 Å². The molecule has 0 saturated carbocycles. The van der Waals surface area contributed by atoms with E-state index in [1.807, 2.05) is 59.5 Å². The van der Waals surface area contributed by atoms with Crippen LogP contribution in [0.1, 0.15) is 28.3 Å². The van der Waals surface area contributed by atoms with Gasteiger partial charge in [0.2, 0.25) is 0 Å². The summed E-state index contributed by atoms with van der Waals surface area (Å²) >= 11 is 3.52. The molecular formula is C28H31BrN2O5. The Morgan fingerprint density at radius 1 is 0.889 bits per heavy atom. The smallest absolute Gasteiger partial charge is 0.318 e. The van der Waals surface area contributed by atoms with Gasteiger partial charge >= 0.3 is 6.03 Å². The molecule has 8 heteroatoms. The number of fused-ring (bicyclic) bond motifs is 1. The van der Waals surface area contributed by atoms with Crippen LogP contribution in [0.25, 0.3) is 0 Å². The highest BCUT2D eigenvalue weighted by Crippen LogP contribution is 2.41. The van der Waals surface area contributed by atoms with Gasteiger partial charge in [-0.05, 0) is 71.5 Å². The molecule has 0 aliphatic carbocycles. The van der Waals surface area contributed by atoms with Crippen molar-refractivity contribution in [1.29, 1.82) is 0 Å². The number of benzene rings is 3. The van der Waals surface area contributed by atoms with Crippen LogP contribution in [-0.2, 0) is 12.8 Å². The monoisotopic (exact) mass is 554 g/mol. The molecule has 4 rings (SSSR count). The van der Waals surface area contributed by atoms with Crippen molar-refractivity contribution in [3.8, 4) is 23.0 Å². The average Bonchev–Trinajstić information content (AvgIpc) is 2.91.